The van der Waals surface area contributed by atoms with E-state index in [9.17, 15) is 0 Å². The molecule has 72 valence electrons. The van der Waals surface area contributed by atoms with Crippen molar-refractivity contribution in [2.75, 3.05) is 0 Å². The van der Waals surface area contributed by atoms with Gasteiger partial charge < -0.3 is 5.32 Å². The van der Waals surface area contributed by atoms with Crippen LogP contribution in [-0.2, 0) is 6.54 Å². The highest BCUT2D eigenvalue weighted by atomic mass is 32.1. The molecule has 1 aromatic rings. The van der Waals surface area contributed by atoms with Crippen LogP contribution in [0.25, 0.3) is 0 Å². The van der Waals surface area contributed by atoms with Crippen LogP contribution in [0.3, 0.4) is 0 Å². The molecule has 0 unspecified atom stereocenters. The summed E-state index contributed by atoms with van der Waals surface area (Å²) in [6.07, 6.45) is 2.68. The van der Waals surface area contributed by atoms with Crippen LogP contribution >= 0.6 is 11.3 Å². The number of hydrogen-bond acceptors (Lipinski definition) is 2. The Labute approximate surface area is 84.2 Å². The van der Waals surface area contributed by atoms with Crippen LogP contribution in [0, 0.1) is 13.8 Å². The molecule has 1 N–H and O–H groups in total. The maximum absolute atomic E-state index is 3.61. The number of aryl methyl sites for hydroxylation is 2. The van der Waals surface area contributed by atoms with Crippen LogP contribution < -0.4 is 5.32 Å². The van der Waals surface area contributed by atoms with Crippen LogP contribution in [-0.4, -0.2) is 5.54 Å². The summed E-state index contributed by atoms with van der Waals surface area (Å²) in [5.41, 5.74) is 1.94. The maximum Gasteiger partial charge on any atom is 0.0221 e. The first-order valence-electron chi connectivity index (χ1n) is 4.90. The molecule has 0 aliphatic heterocycles. The number of rotatable bonds is 3. The molecule has 0 radical (unpaired) electrons. The van der Waals surface area contributed by atoms with Crippen LogP contribution in [0.2, 0.25) is 0 Å². The molecule has 1 aliphatic rings. The Morgan fingerprint density at radius 1 is 1.46 bits per heavy atom. The smallest absolute Gasteiger partial charge is 0.0221 e. The van der Waals surface area contributed by atoms with Crippen LogP contribution in [0.15, 0.2) is 6.07 Å². The molecule has 1 fully saturated rings. The van der Waals surface area contributed by atoms with E-state index >= 15 is 0 Å². The van der Waals surface area contributed by atoms with Gasteiger partial charge in [-0.1, -0.05) is 0 Å². The Morgan fingerprint density at radius 2 is 2.15 bits per heavy atom. The first-order valence-corrected chi connectivity index (χ1v) is 5.72. The number of nitrogens with one attached hydrogen (secondary N) is 1. The molecule has 1 aliphatic carbocycles. The van der Waals surface area contributed by atoms with Crippen molar-refractivity contribution < 1.29 is 0 Å². The molecule has 0 amide bonds. The van der Waals surface area contributed by atoms with Crippen molar-refractivity contribution in [2.24, 2.45) is 0 Å². The third-order valence-electron chi connectivity index (χ3n) is 2.85. The topological polar surface area (TPSA) is 12.0 Å². The van der Waals surface area contributed by atoms with Gasteiger partial charge in [-0.3, -0.25) is 0 Å². The van der Waals surface area contributed by atoms with Crippen LogP contribution in [0.1, 0.15) is 35.1 Å². The van der Waals surface area contributed by atoms with Gasteiger partial charge in [0.15, 0.2) is 0 Å². The second-order valence-electron chi connectivity index (χ2n) is 4.35. The second-order valence-corrected chi connectivity index (χ2v) is 5.81. The highest BCUT2D eigenvalue weighted by molar-refractivity contribution is 7.12. The van der Waals surface area contributed by atoms with Gasteiger partial charge >= 0.3 is 0 Å². The molecule has 0 saturated heterocycles. The molecule has 0 spiro atoms. The highest BCUT2D eigenvalue weighted by Crippen LogP contribution is 2.35. The standard InChI is InChI=1S/C11H17NS/c1-8-6-10(9(2)13-8)7-12-11(3)4-5-11/h6,12H,4-5,7H2,1-3H3. The predicted molar refractivity (Wildman–Crippen MR) is 58.3 cm³/mol. The second kappa shape index (κ2) is 3.10. The maximum atomic E-state index is 3.61. The van der Waals surface area contributed by atoms with E-state index in [-0.39, 0.29) is 0 Å². The largest absolute Gasteiger partial charge is 0.307 e. The van der Waals surface area contributed by atoms with E-state index in [1.807, 2.05) is 11.3 Å². The lowest BCUT2D eigenvalue weighted by Crippen LogP contribution is -2.26. The van der Waals surface area contributed by atoms with Gasteiger partial charge in [0, 0.05) is 21.8 Å². The van der Waals surface area contributed by atoms with Gasteiger partial charge in [-0.25, -0.2) is 0 Å². The zero-order valence-electron chi connectivity index (χ0n) is 8.61. The van der Waals surface area contributed by atoms with Gasteiger partial charge in [0.1, 0.15) is 0 Å². The van der Waals surface area contributed by atoms with Crippen molar-refractivity contribution in [3.63, 3.8) is 0 Å². The molecule has 2 heteroatoms. The van der Waals surface area contributed by atoms with E-state index in [1.54, 1.807) is 0 Å². The Bertz CT molecular complexity index is 310. The van der Waals surface area contributed by atoms with Crippen molar-refractivity contribution in [3.8, 4) is 0 Å². The summed E-state index contributed by atoms with van der Waals surface area (Å²) in [5.74, 6) is 0. The first-order chi connectivity index (χ1) is 6.09. The number of thiophene rings is 1. The van der Waals surface area contributed by atoms with Crippen LogP contribution in [0.5, 0.6) is 0 Å². The molecule has 0 bridgehead atoms. The lowest BCUT2D eigenvalue weighted by molar-refractivity contribution is 0.537. The Morgan fingerprint density at radius 3 is 2.62 bits per heavy atom. The fourth-order valence-electron chi connectivity index (χ4n) is 1.53. The SMILES string of the molecule is Cc1cc(CNC2(C)CC2)c(C)s1. The van der Waals surface area contributed by atoms with Crippen molar-refractivity contribution in [1.82, 2.24) is 5.32 Å². The van der Waals surface area contributed by atoms with Gasteiger partial charge in [0.2, 0.25) is 0 Å². The van der Waals surface area contributed by atoms with E-state index in [1.165, 1.54) is 28.2 Å². The Balaban J connectivity index is 1.97. The summed E-state index contributed by atoms with van der Waals surface area (Å²) < 4.78 is 0. The normalized spacial score (nSPS) is 19.0. The van der Waals surface area contributed by atoms with E-state index in [4.69, 9.17) is 0 Å². The van der Waals surface area contributed by atoms with Gasteiger partial charge in [0.05, 0.1) is 0 Å². The van der Waals surface area contributed by atoms with E-state index in [0.29, 0.717) is 5.54 Å². The lowest BCUT2D eigenvalue weighted by atomic mass is 10.2. The highest BCUT2D eigenvalue weighted by Gasteiger charge is 2.36. The zero-order chi connectivity index (χ0) is 9.47. The lowest BCUT2D eigenvalue weighted by Gasteiger charge is -2.10. The average Bonchev–Trinajstić information content (AvgIpc) is 2.69. The van der Waals surface area contributed by atoms with Gasteiger partial charge in [-0.2, -0.15) is 0 Å². The van der Waals surface area contributed by atoms with Gasteiger partial charge in [0.25, 0.3) is 0 Å². The summed E-state index contributed by atoms with van der Waals surface area (Å²) in [7, 11) is 0. The third-order valence-corrected chi connectivity index (χ3v) is 3.86. The summed E-state index contributed by atoms with van der Waals surface area (Å²) in [6.45, 7) is 7.75. The summed E-state index contributed by atoms with van der Waals surface area (Å²) >= 11 is 1.90. The molecule has 1 saturated carbocycles. The fraction of sp³-hybridized carbons (Fsp3) is 0.636. The quantitative estimate of drug-likeness (QED) is 0.782. The first kappa shape index (κ1) is 9.22. The molecule has 1 aromatic heterocycles. The van der Waals surface area contributed by atoms with Crippen molar-refractivity contribution in [2.45, 2.75) is 45.7 Å². The summed E-state index contributed by atoms with van der Waals surface area (Å²) in [6, 6.07) is 2.30. The summed E-state index contributed by atoms with van der Waals surface area (Å²) in [5, 5.41) is 3.61. The van der Waals surface area contributed by atoms with Gasteiger partial charge in [-0.15, -0.1) is 11.3 Å². The van der Waals surface area contributed by atoms with Gasteiger partial charge in [-0.05, 0) is 45.2 Å². The Kier molecular flexibility index (Phi) is 2.20. The molecule has 2 rings (SSSR count). The average molecular weight is 195 g/mol. The molecule has 1 heterocycles. The Hall–Kier alpha value is -0.340. The minimum absolute atomic E-state index is 0.461. The fourth-order valence-corrected chi connectivity index (χ4v) is 2.48. The number of hydrogen-bond donors (Lipinski definition) is 1. The van der Waals surface area contributed by atoms with E-state index in [2.05, 4.69) is 32.2 Å². The van der Waals surface area contributed by atoms with E-state index < -0.39 is 0 Å². The van der Waals surface area contributed by atoms with Crippen molar-refractivity contribution in [3.05, 3.63) is 21.4 Å². The molecule has 0 aromatic carbocycles. The molecular formula is C11H17NS. The zero-order valence-corrected chi connectivity index (χ0v) is 9.42. The molecule has 13 heavy (non-hydrogen) atoms. The minimum atomic E-state index is 0.461. The predicted octanol–water partition coefficient (Wildman–Crippen LogP) is 3.01. The molecule has 1 nitrogen and oxygen atoms in total. The third kappa shape index (κ3) is 2.12. The van der Waals surface area contributed by atoms with Crippen LogP contribution in [0.4, 0.5) is 0 Å². The van der Waals surface area contributed by atoms with Crippen molar-refractivity contribution in [1.29, 1.82) is 0 Å². The molecule has 0 atom stereocenters. The summed E-state index contributed by atoms with van der Waals surface area (Å²) in [4.78, 5) is 2.89. The van der Waals surface area contributed by atoms with E-state index in [0.717, 1.165) is 6.54 Å². The molecular weight excluding hydrogens is 178 g/mol. The van der Waals surface area contributed by atoms with Crippen molar-refractivity contribution >= 4 is 11.3 Å². The minimum Gasteiger partial charge on any atom is -0.307 e. The monoisotopic (exact) mass is 195 g/mol.